The van der Waals surface area contributed by atoms with E-state index in [1.54, 1.807) is 25.4 Å². The molecule has 1 aromatic carbocycles. The molecule has 0 atom stereocenters. The molecular formula is C13H15N5O3S. The first-order chi connectivity index (χ1) is 10.4. The van der Waals surface area contributed by atoms with Gasteiger partial charge in [-0.05, 0) is 38.1 Å². The van der Waals surface area contributed by atoms with Crippen LogP contribution in [0.4, 0.5) is 11.5 Å². The number of anilines is 1. The molecule has 0 radical (unpaired) electrons. The molecule has 0 saturated carbocycles. The Morgan fingerprint density at radius 2 is 1.86 bits per heavy atom. The van der Waals surface area contributed by atoms with E-state index in [4.69, 9.17) is 5.21 Å². The average Bonchev–Trinajstić information content (AvgIpc) is 2.44. The zero-order valence-electron chi connectivity index (χ0n) is 12.0. The van der Waals surface area contributed by atoms with Crippen molar-refractivity contribution in [3.63, 3.8) is 0 Å². The van der Waals surface area contributed by atoms with Crippen LogP contribution in [0.25, 0.3) is 0 Å². The minimum atomic E-state index is -3.74. The fraction of sp³-hybridized carbons (Fsp3) is 0.154. The second-order valence-corrected chi connectivity index (χ2v) is 6.11. The van der Waals surface area contributed by atoms with Gasteiger partial charge in [0.1, 0.15) is 18.0 Å². The maximum Gasteiger partial charge on any atom is 0.263 e. The molecule has 2 aromatic rings. The third kappa shape index (κ3) is 3.99. The molecule has 0 aliphatic rings. The maximum atomic E-state index is 12.3. The number of nitrogens with one attached hydrogen (secondary N) is 2. The third-order valence-corrected chi connectivity index (χ3v) is 3.99. The summed E-state index contributed by atoms with van der Waals surface area (Å²) in [6, 6.07) is 7.40. The van der Waals surface area contributed by atoms with Crippen LogP contribution in [0.15, 0.2) is 40.2 Å². The summed E-state index contributed by atoms with van der Waals surface area (Å²) in [4.78, 5) is 12.0. The summed E-state index contributed by atoms with van der Waals surface area (Å²) in [6.45, 7) is 3.45. The van der Waals surface area contributed by atoms with Crippen LogP contribution < -0.4 is 10.2 Å². The van der Waals surface area contributed by atoms with Gasteiger partial charge in [-0.2, -0.15) is 0 Å². The third-order valence-electron chi connectivity index (χ3n) is 2.62. The van der Waals surface area contributed by atoms with Gasteiger partial charge in [0.15, 0.2) is 0 Å². The number of hydrogen-bond donors (Lipinski definition) is 3. The van der Waals surface area contributed by atoms with E-state index in [1.165, 1.54) is 24.3 Å². The smallest absolute Gasteiger partial charge is 0.263 e. The van der Waals surface area contributed by atoms with Gasteiger partial charge in [-0.3, -0.25) is 15.4 Å². The standard InChI is InChI=1S/C13H15N5O3S/c1-9-7-13(17-10(2)16-9)18-22(20,21)12-5-3-11(4-6-12)14-8-15-19/h3-8,19H,1-2H3,(H,14,15)(H,16,17,18). The Morgan fingerprint density at radius 3 is 2.45 bits per heavy atom. The van der Waals surface area contributed by atoms with Crippen molar-refractivity contribution in [2.75, 3.05) is 4.72 Å². The molecule has 9 heteroatoms. The summed E-state index contributed by atoms with van der Waals surface area (Å²) in [6.07, 6.45) is 1.08. The summed E-state index contributed by atoms with van der Waals surface area (Å²) in [5.41, 5.74) is 2.94. The molecule has 0 saturated heterocycles. The van der Waals surface area contributed by atoms with E-state index in [0.717, 1.165) is 6.34 Å². The average molecular weight is 321 g/mol. The molecule has 0 amide bonds. The largest absolute Gasteiger partial charge is 0.290 e. The van der Waals surface area contributed by atoms with Crippen LogP contribution in [-0.4, -0.2) is 29.9 Å². The van der Waals surface area contributed by atoms with Gasteiger partial charge in [-0.25, -0.2) is 23.4 Å². The van der Waals surface area contributed by atoms with E-state index >= 15 is 0 Å². The Bertz CT molecular complexity index is 768. The highest BCUT2D eigenvalue weighted by atomic mass is 32.2. The number of hydroxylamine groups is 1. The van der Waals surface area contributed by atoms with Crippen molar-refractivity contribution in [3.05, 3.63) is 41.9 Å². The molecule has 0 fully saturated rings. The van der Waals surface area contributed by atoms with E-state index in [9.17, 15) is 8.42 Å². The summed E-state index contributed by atoms with van der Waals surface area (Å²) >= 11 is 0. The van der Waals surface area contributed by atoms with Crippen LogP contribution in [0.3, 0.4) is 0 Å². The molecule has 116 valence electrons. The van der Waals surface area contributed by atoms with E-state index in [-0.39, 0.29) is 10.7 Å². The first-order valence-corrected chi connectivity index (χ1v) is 7.76. The van der Waals surface area contributed by atoms with Crippen LogP contribution >= 0.6 is 0 Å². The lowest BCUT2D eigenvalue weighted by atomic mass is 10.3. The minimum absolute atomic E-state index is 0.0809. The molecule has 2 rings (SSSR count). The Balaban J connectivity index is 2.24. The topological polar surface area (TPSA) is 117 Å². The van der Waals surface area contributed by atoms with E-state index in [2.05, 4.69) is 19.7 Å². The summed E-state index contributed by atoms with van der Waals surface area (Å²) < 4.78 is 27.0. The molecule has 8 nitrogen and oxygen atoms in total. The van der Waals surface area contributed by atoms with Crippen LogP contribution in [-0.2, 0) is 10.0 Å². The SMILES string of the molecule is Cc1cc(NS(=O)(=O)c2ccc(N=CNO)cc2)nc(C)n1. The number of sulfonamides is 1. The monoisotopic (exact) mass is 321 g/mol. The van der Waals surface area contributed by atoms with Crippen LogP contribution in [0.1, 0.15) is 11.5 Å². The minimum Gasteiger partial charge on any atom is -0.290 e. The Hall–Kier alpha value is -2.52. The Kier molecular flexibility index (Phi) is 4.68. The summed E-state index contributed by atoms with van der Waals surface area (Å²) in [7, 11) is -3.74. The van der Waals surface area contributed by atoms with Gasteiger partial charge in [-0.15, -0.1) is 0 Å². The molecule has 0 unspecified atom stereocenters. The first-order valence-electron chi connectivity index (χ1n) is 6.28. The highest BCUT2D eigenvalue weighted by molar-refractivity contribution is 7.92. The van der Waals surface area contributed by atoms with Gasteiger partial charge in [0.05, 0.1) is 10.6 Å². The van der Waals surface area contributed by atoms with Crippen molar-refractivity contribution in [3.8, 4) is 0 Å². The van der Waals surface area contributed by atoms with E-state index in [1.807, 2.05) is 0 Å². The second kappa shape index (κ2) is 6.50. The highest BCUT2D eigenvalue weighted by Gasteiger charge is 2.15. The lowest BCUT2D eigenvalue weighted by Gasteiger charge is -2.08. The van der Waals surface area contributed by atoms with E-state index < -0.39 is 10.0 Å². The lowest BCUT2D eigenvalue weighted by Crippen LogP contribution is -2.14. The molecule has 22 heavy (non-hydrogen) atoms. The Labute approximate surface area is 128 Å². The zero-order chi connectivity index (χ0) is 16.2. The van der Waals surface area contributed by atoms with E-state index in [0.29, 0.717) is 17.2 Å². The number of aliphatic imine (C=N–C) groups is 1. The van der Waals surface area contributed by atoms with Crippen molar-refractivity contribution >= 4 is 27.9 Å². The molecule has 1 heterocycles. The second-order valence-electron chi connectivity index (χ2n) is 4.43. The van der Waals surface area contributed by atoms with Crippen molar-refractivity contribution in [2.24, 2.45) is 4.99 Å². The highest BCUT2D eigenvalue weighted by Crippen LogP contribution is 2.18. The summed E-state index contributed by atoms with van der Waals surface area (Å²) in [5.74, 6) is 0.704. The molecule has 0 bridgehead atoms. The molecule has 1 aromatic heterocycles. The van der Waals surface area contributed by atoms with Gasteiger partial charge >= 0.3 is 0 Å². The number of aryl methyl sites for hydroxylation is 2. The van der Waals surface area contributed by atoms with Crippen LogP contribution in [0, 0.1) is 13.8 Å². The van der Waals surface area contributed by atoms with Crippen molar-refractivity contribution in [1.29, 1.82) is 0 Å². The number of rotatable bonds is 5. The van der Waals surface area contributed by atoms with Crippen molar-refractivity contribution < 1.29 is 13.6 Å². The quantitative estimate of drug-likeness (QED) is 0.437. The predicted molar refractivity (Wildman–Crippen MR) is 81.8 cm³/mol. The van der Waals surface area contributed by atoms with Crippen LogP contribution in [0.5, 0.6) is 0 Å². The maximum absolute atomic E-state index is 12.3. The molecular weight excluding hydrogens is 306 g/mol. The zero-order valence-corrected chi connectivity index (χ0v) is 12.8. The number of benzene rings is 1. The fourth-order valence-corrected chi connectivity index (χ4v) is 2.77. The number of hydrogen-bond acceptors (Lipinski definition) is 6. The predicted octanol–water partition coefficient (Wildman–Crippen LogP) is 1.53. The summed E-state index contributed by atoms with van der Waals surface area (Å²) in [5, 5.41) is 8.40. The van der Waals surface area contributed by atoms with Gasteiger partial charge in [-0.1, -0.05) is 0 Å². The lowest BCUT2D eigenvalue weighted by molar-refractivity contribution is 0.240. The van der Waals surface area contributed by atoms with Gasteiger partial charge in [0, 0.05) is 11.8 Å². The normalized spacial score (nSPS) is 11.6. The first kappa shape index (κ1) is 15.9. The molecule has 0 spiro atoms. The molecule has 0 aliphatic carbocycles. The van der Waals surface area contributed by atoms with Gasteiger partial charge in [0.25, 0.3) is 10.0 Å². The number of aromatic nitrogens is 2. The van der Waals surface area contributed by atoms with Gasteiger partial charge in [0.2, 0.25) is 0 Å². The van der Waals surface area contributed by atoms with Gasteiger partial charge < -0.3 is 0 Å². The Morgan fingerprint density at radius 1 is 1.18 bits per heavy atom. The van der Waals surface area contributed by atoms with Crippen LogP contribution in [0.2, 0.25) is 0 Å². The molecule has 3 N–H and O–H groups in total. The fourth-order valence-electron chi connectivity index (χ4n) is 1.78. The van der Waals surface area contributed by atoms with Crippen molar-refractivity contribution in [2.45, 2.75) is 18.7 Å². The number of nitrogens with zero attached hydrogens (tertiary/aromatic N) is 3. The van der Waals surface area contributed by atoms with Crippen molar-refractivity contribution in [1.82, 2.24) is 15.4 Å². The molecule has 0 aliphatic heterocycles.